The number of hydrogen-bond acceptors (Lipinski definition) is 2. The van der Waals surface area contributed by atoms with Crippen LogP contribution in [-0.4, -0.2) is 35.0 Å². The molecule has 1 N–H and O–H groups in total. The predicted octanol–water partition coefficient (Wildman–Crippen LogP) is 3.48. The van der Waals surface area contributed by atoms with Gasteiger partial charge in [-0.25, -0.2) is 4.39 Å². The Balaban J connectivity index is 2.00. The van der Waals surface area contributed by atoms with Crippen LogP contribution in [0.5, 0.6) is 0 Å². The zero-order chi connectivity index (χ0) is 17.2. The highest BCUT2D eigenvalue weighted by atomic mass is 79.9. The van der Waals surface area contributed by atoms with Gasteiger partial charge in [0, 0.05) is 24.0 Å². The second kappa shape index (κ2) is 6.99. The number of nitrogens with zero attached hydrogens (tertiary/aromatic N) is 1. The summed E-state index contributed by atoms with van der Waals surface area (Å²) < 4.78 is 14.0. The molecule has 0 radical (unpaired) electrons. The quantitative estimate of drug-likeness (QED) is 0.843. The van der Waals surface area contributed by atoms with Crippen LogP contribution in [0.25, 0.3) is 0 Å². The molecule has 0 aliphatic carbocycles. The van der Waals surface area contributed by atoms with Crippen molar-refractivity contribution in [1.29, 1.82) is 0 Å². The van der Waals surface area contributed by atoms with Crippen LogP contribution in [0.4, 0.5) is 4.39 Å². The zero-order valence-corrected chi connectivity index (χ0v) is 14.9. The zero-order valence-electron chi connectivity index (χ0n) is 13.3. The van der Waals surface area contributed by atoms with E-state index in [1.165, 1.54) is 12.1 Å². The van der Waals surface area contributed by atoms with Crippen molar-refractivity contribution < 1.29 is 19.1 Å². The molecule has 2 rings (SSSR count). The molecule has 1 fully saturated rings. The van der Waals surface area contributed by atoms with Gasteiger partial charge in [0.25, 0.3) is 0 Å². The number of carbonyl (C=O) groups excluding carboxylic acids is 1. The van der Waals surface area contributed by atoms with Gasteiger partial charge in [-0.05, 0) is 42.5 Å². The minimum Gasteiger partial charge on any atom is -0.481 e. The van der Waals surface area contributed by atoms with Crippen LogP contribution in [0, 0.1) is 17.2 Å². The van der Waals surface area contributed by atoms with Crippen molar-refractivity contribution in [1.82, 2.24) is 4.90 Å². The van der Waals surface area contributed by atoms with Gasteiger partial charge < -0.3 is 10.0 Å². The molecule has 0 saturated carbocycles. The Morgan fingerprint density at radius 2 is 2.13 bits per heavy atom. The standard InChI is InChI=1S/C17H21BrFNO3/c1-11(2)17(16(22)23)7-8-20(10-17)15(21)6-3-12-9-13(19)4-5-14(12)18/h4-5,9,11H,3,6-8,10H2,1-2H3,(H,22,23). The van der Waals surface area contributed by atoms with Crippen molar-refractivity contribution in [2.75, 3.05) is 13.1 Å². The van der Waals surface area contributed by atoms with E-state index in [1.54, 1.807) is 11.0 Å². The Morgan fingerprint density at radius 3 is 2.70 bits per heavy atom. The van der Waals surface area contributed by atoms with Crippen LogP contribution >= 0.6 is 15.9 Å². The lowest BCUT2D eigenvalue weighted by Gasteiger charge is -2.28. The van der Waals surface area contributed by atoms with E-state index in [0.29, 0.717) is 19.4 Å². The molecule has 1 aliphatic rings. The van der Waals surface area contributed by atoms with E-state index < -0.39 is 11.4 Å². The van der Waals surface area contributed by atoms with Gasteiger partial charge in [-0.2, -0.15) is 0 Å². The van der Waals surface area contributed by atoms with E-state index in [9.17, 15) is 19.1 Å². The summed E-state index contributed by atoms with van der Waals surface area (Å²) in [5.74, 6) is -1.28. The number of carbonyl (C=O) groups is 2. The fourth-order valence-electron chi connectivity index (χ4n) is 3.07. The van der Waals surface area contributed by atoms with Gasteiger partial charge in [-0.1, -0.05) is 29.8 Å². The molecule has 1 saturated heterocycles. The number of aryl methyl sites for hydroxylation is 1. The first-order valence-electron chi connectivity index (χ1n) is 7.71. The summed E-state index contributed by atoms with van der Waals surface area (Å²) in [5.41, 5.74) is -0.111. The molecule has 0 spiro atoms. The van der Waals surface area contributed by atoms with E-state index in [1.807, 2.05) is 13.8 Å². The Labute approximate surface area is 143 Å². The smallest absolute Gasteiger partial charge is 0.311 e. The third-order valence-corrected chi connectivity index (χ3v) is 5.57. The minimum atomic E-state index is -0.852. The van der Waals surface area contributed by atoms with E-state index in [0.717, 1.165) is 10.0 Å². The number of likely N-dealkylation sites (tertiary alicyclic amines) is 1. The van der Waals surface area contributed by atoms with Crippen molar-refractivity contribution in [3.8, 4) is 0 Å². The molecule has 0 aromatic heterocycles. The summed E-state index contributed by atoms with van der Waals surface area (Å²) in [6.07, 6.45) is 1.15. The number of halogens is 2. The first-order chi connectivity index (χ1) is 10.8. The lowest BCUT2D eigenvalue weighted by atomic mass is 9.76. The fourth-order valence-corrected chi connectivity index (χ4v) is 3.52. The number of amides is 1. The molecule has 4 nitrogen and oxygen atoms in total. The molecule has 1 aliphatic heterocycles. The lowest BCUT2D eigenvalue weighted by Crippen LogP contribution is -2.40. The minimum absolute atomic E-state index is 0.0323. The SMILES string of the molecule is CC(C)C1(C(=O)O)CCN(C(=O)CCc2cc(F)ccc2Br)C1. The monoisotopic (exact) mass is 385 g/mol. The second-order valence-electron chi connectivity index (χ2n) is 6.42. The van der Waals surface area contributed by atoms with Crippen LogP contribution in [0.3, 0.4) is 0 Å². The third-order valence-electron chi connectivity index (χ3n) is 4.80. The lowest BCUT2D eigenvalue weighted by molar-refractivity contribution is -0.151. The van der Waals surface area contributed by atoms with Crippen LogP contribution in [0.2, 0.25) is 0 Å². The number of aliphatic carboxylic acids is 1. The summed E-state index contributed by atoms with van der Waals surface area (Å²) >= 11 is 3.35. The summed E-state index contributed by atoms with van der Waals surface area (Å²) in [7, 11) is 0. The number of benzene rings is 1. The van der Waals surface area contributed by atoms with Gasteiger partial charge >= 0.3 is 5.97 Å². The summed E-state index contributed by atoms with van der Waals surface area (Å²) in [6.45, 7) is 4.48. The van der Waals surface area contributed by atoms with Gasteiger partial charge in [-0.3, -0.25) is 9.59 Å². The van der Waals surface area contributed by atoms with Crippen molar-refractivity contribution in [2.45, 2.75) is 33.1 Å². The van der Waals surface area contributed by atoms with Gasteiger partial charge in [0.1, 0.15) is 5.82 Å². The fraction of sp³-hybridized carbons (Fsp3) is 0.529. The summed E-state index contributed by atoms with van der Waals surface area (Å²) in [4.78, 5) is 25.6. The first kappa shape index (κ1) is 17.9. The maximum atomic E-state index is 13.3. The normalized spacial score (nSPS) is 21.0. The predicted molar refractivity (Wildman–Crippen MR) is 88.5 cm³/mol. The van der Waals surface area contributed by atoms with Crippen LogP contribution < -0.4 is 0 Å². The van der Waals surface area contributed by atoms with Crippen LogP contribution in [0.15, 0.2) is 22.7 Å². The van der Waals surface area contributed by atoms with Gasteiger partial charge in [0.05, 0.1) is 5.41 Å². The molecule has 1 unspecified atom stereocenters. The van der Waals surface area contributed by atoms with Crippen molar-refractivity contribution in [2.24, 2.45) is 11.3 Å². The van der Waals surface area contributed by atoms with Crippen molar-refractivity contribution >= 4 is 27.8 Å². The molecule has 1 amide bonds. The molecule has 1 atom stereocenters. The van der Waals surface area contributed by atoms with E-state index in [2.05, 4.69) is 15.9 Å². The van der Waals surface area contributed by atoms with E-state index in [4.69, 9.17) is 0 Å². The average Bonchev–Trinajstić information content (AvgIpc) is 2.94. The first-order valence-corrected chi connectivity index (χ1v) is 8.50. The molecule has 1 heterocycles. The van der Waals surface area contributed by atoms with Crippen molar-refractivity contribution in [3.05, 3.63) is 34.1 Å². The number of rotatable bonds is 5. The molecule has 126 valence electrons. The van der Waals surface area contributed by atoms with Gasteiger partial charge in [0.2, 0.25) is 5.91 Å². The molecule has 0 bridgehead atoms. The third kappa shape index (κ3) is 3.74. The molecule has 6 heteroatoms. The molecule has 1 aromatic carbocycles. The average molecular weight is 386 g/mol. The highest BCUT2D eigenvalue weighted by molar-refractivity contribution is 9.10. The van der Waals surface area contributed by atoms with Gasteiger partial charge in [-0.15, -0.1) is 0 Å². The summed E-state index contributed by atoms with van der Waals surface area (Å²) in [6, 6.07) is 4.40. The molecular formula is C17H21BrFNO3. The highest BCUT2D eigenvalue weighted by Gasteiger charge is 2.48. The highest BCUT2D eigenvalue weighted by Crippen LogP contribution is 2.38. The number of hydrogen-bond donors (Lipinski definition) is 1. The van der Waals surface area contributed by atoms with E-state index >= 15 is 0 Å². The second-order valence-corrected chi connectivity index (χ2v) is 7.27. The topological polar surface area (TPSA) is 57.6 Å². The number of carboxylic acid groups (broad SMARTS) is 1. The number of carboxylic acids is 1. The summed E-state index contributed by atoms with van der Waals surface area (Å²) in [5, 5.41) is 9.52. The van der Waals surface area contributed by atoms with Crippen LogP contribution in [0.1, 0.15) is 32.3 Å². The maximum absolute atomic E-state index is 13.3. The van der Waals surface area contributed by atoms with E-state index in [-0.39, 0.29) is 30.6 Å². The Bertz CT molecular complexity index is 620. The Hall–Kier alpha value is -1.43. The molecule has 23 heavy (non-hydrogen) atoms. The van der Waals surface area contributed by atoms with Gasteiger partial charge in [0.15, 0.2) is 0 Å². The molecule has 1 aromatic rings. The maximum Gasteiger partial charge on any atom is 0.311 e. The Kier molecular flexibility index (Phi) is 5.45. The Morgan fingerprint density at radius 1 is 1.43 bits per heavy atom. The largest absolute Gasteiger partial charge is 0.481 e. The molecular weight excluding hydrogens is 365 g/mol. The van der Waals surface area contributed by atoms with Crippen molar-refractivity contribution in [3.63, 3.8) is 0 Å². The van der Waals surface area contributed by atoms with Crippen LogP contribution in [-0.2, 0) is 16.0 Å².